The van der Waals surface area contributed by atoms with E-state index in [9.17, 15) is 18.0 Å². The van der Waals surface area contributed by atoms with Crippen LogP contribution in [0.15, 0.2) is 53.4 Å². The molecule has 0 aliphatic heterocycles. The standard InChI is InChI=1S/C20H25N3O4S2/c1-14-8-10-16(11-9-14)29(26,27)23-18(12-13-28-3)20(25)22-21-19(24)17-7-5-4-6-15(17)2/h4-11,18,23H,12-13H2,1-3H3,(H,21,24)(H,22,25). The first-order valence-electron chi connectivity index (χ1n) is 8.98. The lowest BCUT2D eigenvalue weighted by atomic mass is 10.1. The second kappa shape index (κ2) is 10.4. The first-order chi connectivity index (χ1) is 13.7. The summed E-state index contributed by atoms with van der Waals surface area (Å²) < 4.78 is 27.7. The molecule has 0 radical (unpaired) electrons. The Morgan fingerprint density at radius 1 is 1.00 bits per heavy atom. The molecule has 3 N–H and O–H groups in total. The van der Waals surface area contributed by atoms with Crippen molar-refractivity contribution in [1.82, 2.24) is 15.6 Å². The van der Waals surface area contributed by atoms with Gasteiger partial charge < -0.3 is 0 Å². The van der Waals surface area contributed by atoms with E-state index >= 15 is 0 Å². The molecule has 2 rings (SSSR count). The van der Waals surface area contributed by atoms with Crippen LogP contribution >= 0.6 is 11.8 Å². The zero-order chi connectivity index (χ0) is 21.4. The first-order valence-corrected chi connectivity index (χ1v) is 11.9. The molecular weight excluding hydrogens is 410 g/mol. The van der Waals surface area contributed by atoms with E-state index in [0.29, 0.717) is 11.3 Å². The fourth-order valence-corrected chi connectivity index (χ4v) is 4.25. The highest BCUT2D eigenvalue weighted by molar-refractivity contribution is 7.98. The fourth-order valence-electron chi connectivity index (χ4n) is 2.55. The van der Waals surface area contributed by atoms with Gasteiger partial charge in [0.15, 0.2) is 0 Å². The minimum absolute atomic E-state index is 0.0778. The number of sulfonamides is 1. The first kappa shape index (κ1) is 22.9. The summed E-state index contributed by atoms with van der Waals surface area (Å²) in [5.41, 5.74) is 6.79. The normalized spacial score (nSPS) is 12.2. The average molecular weight is 436 g/mol. The van der Waals surface area contributed by atoms with Crippen LogP contribution in [0.2, 0.25) is 0 Å². The molecule has 9 heteroatoms. The van der Waals surface area contributed by atoms with Crippen LogP contribution in [0.25, 0.3) is 0 Å². The molecule has 0 saturated heterocycles. The van der Waals surface area contributed by atoms with Crippen LogP contribution in [-0.2, 0) is 14.8 Å². The largest absolute Gasteiger partial charge is 0.271 e. The predicted molar refractivity (Wildman–Crippen MR) is 115 cm³/mol. The van der Waals surface area contributed by atoms with Crippen LogP contribution in [0.3, 0.4) is 0 Å². The summed E-state index contributed by atoms with van der Waals surface area (Å²) in [5, 5.41) is 0. The van der Waals surface area contributed by atoms with Gasteiger partial charge in [0.1, 0.15) is 6.04 Å². The van der Waals surface area contributed by atoms with E-state index in [1.807, 2.05) is 19.2 Å². The maximum atomic E-state index is 12.6. The number of amides is 2. The molecular formula is C20H25N3O4S2. The van der Waals surface area contributed by atoms with Crippen molar-refractivity contribution in [2.24, 2.45) is 0 Å². The number of nitrogens with one attached hydrogen (secondary N) is 3. The number of aryl methyl sites for hydroxylation is 2. The van der Waals surface area contributed by atoms with Gasteiger partial charge in [0, 0.05) is 5.56 Å². The number of hydrazine groups is 1. The second-order valence-corrected chi connectivity index (χ2v) is 9.23. The molecule has 2 aromatic rings. The van der Waals surface area contributed by atoms with Crippen LogP contribution in [-0.4, -0.2) is 38.3 Å². The van der Waals surface area contributed by atoms with Gasteiger partial charge in [0.25, 0.3) is 11.8 Å². The molecule has 0 saturated carbocycles. The van der Waals surface area contributed by atoms with E-state index in [-0.39, 0.29) is 11.3 Å². The van der Waals surface area contributed by atoms with Crippen molar-refractivity contribution in [2.45, 2.75) is 31.2 Å². The summed E-state index contributed by atoms with van der Waals surface area (Å²) in [5.74, 6) is -0.529. The number of rotatable bonds is 8. The van der Waals surface area contributed by atoms with Crippen LogP contribution in [0, 0.1) is 13.8 Å². The van der Waals surface area contributed by atoms with Gasteiger partial charge in [0.2, 0.25) is 10.0 Å². The maximum Gasteiger partial charge on any atom is 0.269 e. The summed E-state index contributed by atoms with van der Waals surface area (Å²) in [6.45, 7) is 3.64. The number of hydrogen-bond acceptors (Lipinski definition) is 5. The molecule has 2 amide bonds. The molecule has 1 atom stereocenters. The molecule has 29 heavy (non-hydrogen) atoms. The maximum absolute atomic E-state index is 12.6. The average Bonchev–Trinajstić information content (AvgIpc) is 2.69. The van der Waals surface area contributed by atoms with Crippen LogP contribution in [0.1, 0.15) is 27.9 Å². The predicted octanol–water partition coefficient (Wildman–Crippen LogP) is 2.16. The zero-order valence-corrected chi connectivity index (χ0v) is 18.2. The highest BCUT2D eigenvalue weighted by Crippen LogP contribution is 2.12. The van der Waals surface area contributed by atoms with E-state index in [1.54, 1.807) is 37.3 Å². The molecule has 0 fully saturated rings. The van der Waals surface area contributed by atoms with Gasteiger partial charge in [-0.1, -0.05) is 35.9 Å². The molecule has 2 aromatic carbocycles. The zero-order valence-electron chi connectivity index (χ0n) is 16.6. The van der Waals surface area contributed by atoms with Crippen molar-refractivity contribution in [3.05, 3.63) is 65.2 Å². The molecule has 156 valence electrons. The summed E-state index contributed by atoms with van der Waals surface area (Å²) in [6, 6.07) is 12.3. The van der Waals surface area contributed by atoms with Crippen molar-refractivity contribution < 1.29 is 18.0 Å². The van der Waals surface area contributed by atoms with Crippen LogP contribution in [0.4, 0.5) is 0 Å². The van der Waals surface area contributed by atoms with E-state index in [1.165, 1.54) is 23.9 Å². The third kappa shape index (κ3) is 6.59. The third-order valence-electron chi connectivity index (χ3n) is 4.24. The fraction of sp³-hybridized carbons (Fsp3) is 0.300. The van der Waals surface area contributed by atoms with E-state index in [4.69, 9.17) is 0 Å². The van der Waals surface area contributed by atoms with E-state index < -0.39 is 27.9 Å². The molecule has 0 aromatic heterocycles. The Bertz CT molecular complexity index is 960. The van der Waals surface area contributed by atoms with Gasteiger partial charge in [-0.05, 0) is 56.0 Å². The molecule has 0 aliphatic carbocycles. The van der Waals surface area contributed by atoms with Crippen LogP contribution < -0.4 is 15.6 Å². The Morgan fingerprint density at radius 3 is 2.28 bits per heavy atom. The number of hydrogen-bond donors (Lipinski definition) is 3. The Kier molecular flexibility index (Phi) is 8.24. The van der Waals surface area contributed by atoms with Gasteiger partial charge in [-0.25, -0.2) is 8.42 Å². The number of carbonyl (C=O) groups excluding carboxylic acids is 2. The number of thioether (sulfide) groups is 1. The Morgan fingerprint density at radius 2 is 1.66 bits per heavy atom. The second-order valence-electron chi connectivity index (χ2n) is 6.53. The van der Waals surface area contributed by atoms with E-state index in [0.717, 1.165) is 11.1 Å². The topological polar surface area (TPSA) is 104 Å². The van der Waals surface area contributed by atoms with Gasteiger partial charge in [-0.15, -0.1) is 0 Å². The van der Waals surface area contributed by atoms with Gasteiger partial charge in [-0.3, -0.25) is 20.4 Å². The lowest BCUT2D eigenvalue weighted by Gasteiger charge is -2.19. The van der Waals surface area contributed by atoms with Gasteiger partial charge in [-0.2, -0.15) is 16.5 Å². The smallest absolute Gasteiger partial charge is 0.269 e. The van der Waals surface area contributed by atoms with Crippen LogP contribution in [0.5, 0.6) is 0 Å². The van der Waals surface area contributed by atoms with Crippen molar-refractivity contribution in [3.8, 4) is 0 Å². The highest BCUT2D eigenvalue weighted by atomic mass is 32.2. The summed E-state index contributed by atoms with van der Waals surface area (Å²) in [4.78, 5) is 24.9. The molecule has 0 aliphatic rings. The Labute approximate surface area is 175 Å². The van der Waals surface area contributed by atoms with Crippen molar-refractivity contribution in [2.75, 3.05) is 12.0 Å². The quantitative estimate of drug-likeness (QED) is 0.551. The lowest BCUT2D eigenvalue weighted by Crippen LogP contribution is -2.52. The van der Waals surface area contributed by atoms with Gasteiger partial charge in [0.05, 0.1) is 4.90 Å². The lowest BCUT2D eigenvalue weighted by molar-refractivity contribution is -0.123. The molecule has 0 heterocycles. The highest BCUT2D eigenvalue weighted by Gasteiger charge is 2.26. The molecule has 0 spiro atoms. The summed E-state index contributed by atoms with van der Waals surface area (Å²) in [6.07, 6.45) is 2.14. The SMILES string of the molecule is CSCCC(NS(=O)(=O)c1ccc(C)cc1)C(=O)NNC(=O)c1ccccc1C. The monoisotopic (exact) mass is 435 g/mol. The number of benzene rings is 2. The summed E-state index contributed by atoms with van der Waals surface area (Å²) >= 11 is 1.49. The third-order valence-corrected chi connectivity index (χ3v) is 6.38. The Hall–Kier alpha value is -2.36. The van der Waals surface area contributed by atoms with E-state index in [2.05, 4.69) is 15.6 Å². The minimum Gasteiger partial charge on any atom is -0.271 e. The van der Waals surface area contributed by atoms with Gasteiger partial charge >= 0.3 is 0 Å². The summed E-state index contributed by atoms with van der Waals surface area (Å²) in [7, 11) is -3.88. The van der Waals surface area contributed by atoms with Crippen molar-refractivity contribution in [3.63, 3.8) is 0 Å². The molecule has 0 bridgehead atoms. The molecule has 1 unspecified atom stereocenters. The van der Waals surface area contributed by atoms with Crippen molar-refractivity contribution in [1.29, 1.82) is 0 Å². The Balaban J connectivity index is 2.08. The number of carbonyl (C=O) groups is 2. The van der Waals surface area contributed by atoms with Crippen molar-refractivity contribution >= 4 is 33.6 Å². The molecule has 7 nitrogen and oxygen atoms in total. The minimum atomic E-state index is -3.88.